The van der Waals surface area contributed by atoms with Gasteiger partial charge in [0.1, 0.15) is 17.3 Å². The fourth-order valence-electron chi connectivity index (χ4n) is 2.63. The number of carbonyl (C=O) groups excluding carboxylic acids is 2. The lowest BCUT2D eigenvalue weighted by atomic mass is 10.2. The number of methoxy groups -OCH3 is 2. The van der Waals surface area contributed by atoms with Gasteiger partial charge in [-0.25, -0.2) is 14.6 Å². The van der Waals surface area contributed by atoms with Crippen LogP contribution in [0.2, 0.25) is 0 Å². The largest absolute Gasteiger partial charge is 0.497 e. The summed E-state index contributed by atoms with van der Waals surface area (Å²) in [4.78, 5) is 24.1. The molecule has 0 aliphatic heterocycles. The molecule has 0 radical (unpaired) electrons. The number of amides is 1. The van der Waals surface area contributed by atoms with Crippen LogP contribution in [-0.4, -0.2) is 38.9 Å². The zero-order chi connectivity index (χ0) is 23.6. The van der Waals surface area contributed by atoms with E-state index in [0.717, 1.165) is 0 Å². The van der Waals surface area contributed by atoms with Crippen molar-refractivity contribution in [3.8, 4) is 23.0 Å². The molecule has 3 rings (SSSR count). The van der Waals surface area contributed by atoms with Crippen molar-refractivity contribution in [3.63, 3.8) is 0 Å². The normalized spacial score (nSPS) is 10.5. The Hall–Kier alpha value is -4.40. The van der Waals surface area contributed by atoms with E-state index in [1.165, 1.54) is 43.7 Å². The number of rotatable bonds is 9. The van der Waals surface area contributed by atoms with Gasteiger partial charge < -0.3 is 18.9 Å². The minimum Gasteiger partial charge on any atom is -0.497 e. The smallest absolute Gasteiger partial charge is 0.343 e. The number of benzene rings is 3. The third-order valence-electron chi connectivity index (χ3n) is 4.30. The van der Waals surface area contributed by atoms with Gasteiger partial charge >= 0.3 is 5.97 Å². The predicted octanol–water partition coefficient (Wildman–Crippen LogP) is 3.59. The number of ether oxygens (including phenoxy) is 4. The molecule has 8 nitrogen and oxygen atoms in total. The molecular weight excluding hydrogens is 431 g/mol. The van der Waals surface area contributed by atoms with Gasteiger partial charge in [0, 0.05) is 0 Å². The molecule has 0 heterocycles. The summed E-state index contributed by atoms with van der Waals surface area (Å²) in [6.07, 6.45) is 1.40. The second-order valence-electron chi connectivity index (χ2n) is 6.56. The second kappa shape index (κ2) is 11.3. The number of hydrogen-bond donors (Lipinski definition) is 1. The highest BCUT2D eigenvalue weighted by Crippen LogP contribution is 2.28. The number of carbonyl (C=O) groups is 2. The first kappa shape index (κ1) is 23.3. The maximum absolute atomic E-state index is 13.0. The molecule has 0 fully saturated rings. The molecule has 3 aromatic rings. The molecule has 0 aliphatic rings. The summed E-state index contributed by atoms with van der Waals surface area (Å²) in [5, 5.41) is 3.88. The first-order valence-electron chi connectivity index (χ1n) is 9.73. The average Bonchev–Trinajstić information content (AvgIpc) is 2.84. The van der Waals surface area contributed by atoms with Gasteiger partial charge in [0.25, 0.3) is 5.91 Å². The molecule has 0 unspecified atom stereocenters. The second-order valence-corrected chi connectivity index (χ2v) is 6.56. The maximum Gasteiger partial charge on any atom is 0.343 e. The van der Waals surface area contributed by atoms with Crippen molar-refractivity contribution in [2.75, 3.05) is 20.8 Å². The maximum atomic E-state index is 13.0. The number of hydrogen-bond acceptors (Lipinski definition) is 7. The first-order chi connectivity index (χ1) is 16.0. The van der Waals surface area contributed by atoms with Gasteiger partial charge in [-0.1, -0.05) is 0 Å². The standard InChI is InChI=1S/C24H21FN2O6/c1-30-19-8-10-20(11-9-19)32-15-23(28)27-26-14-16-3-12-21(22(13-16)31-2)33-24(29)17-4-6-18(25)7-5-17/h3-14H,15H2,1-2H3,(H,27,28)/b26-14+. The fraction of sp³-hybridized carbons (Fsp3) is 0.125. The van der Waals surface area contributed by atoms with Crippen LogP contribution in [0, 0.1) is 5.82 Å². The van der Waals surface area contributed by atoms with Crippen LogP contribution in [0.25, 0.3) is 0 Å². The molecule has 0 aromatic heterocycles. The van der Waals surface area contributed by atoms with Gasteiger partial charge in [-0.15, -0.1) is 0 Å². The fourth-order valence-corrected chi connectivity index (χ4v) is 2.63. The zero-order valence-electron chi connectivity index (χ0n) is 17.9. The summed E-state index contributed by atoms with van der Waals surface area (Å²) in [7, 11) is 2.98. The van der Waals surface area contributed by atoms with Crippen LogP contribution in [0.15, 0.2) is 71.8 Å². The van der Waals surface area contributed by atoms with Crippen molar-refractivity contribution in [1.82, 2.24) is 5.43 Å². The molecule has 1 amide bonds. The van der Waals surface area contributed by atoms with E-state index < -0.39 is 17.7 Å². The van der Waals surface area contributed by atoms with Crippen LogP contribution >= 0.6 is 0 Å². The summed E-state index contributed by atoms with van der Waals surface area (Å²) in [6.45, 7) is -0.217. The van der Waals surface area contributed by atoms with Crippen molar-refractivity contribution in [2.45, 2.75) is 0 Å². The Kier molecular flexibility index (Phi) is 7.96. The molecule has 0 saturated carbocycles. The molecule has 0 saturated heterocycles. The van der Waals surface area contributed by atoms with Crippen molar-refractivity contribution in [3.05, 3.63) is 83.7 Å². The number of nitrogens with zero attached hydrogens (tertiary/aromatic N) is 1. The van der Waals surface area contributed by atoms with Gasteiger partial charge in [-0.3, -0.25) is 4.79 Å². The van der Waals surface area contributed by atoms with Gasteiger partial charge in [-0.2, -0.15) is 5.10 Å². The van der Waals surface area contributed by atoms with Crippen molar-refractivity contribution in [2.24, 2.45) is 5.10 Å². The van der Waals surface area contributed by atoms with Crippen LogP contribution < -0.4 is 24.4 Å². The van der Waals surface area contributed by atoms with Gasteiger partial charge in [-0.05, 0) is 72.3 Å². The highest BCUT2D eigenvalue weighted by Gasteiger charge is 2.13. The van der Waals surface area contributed by atoms with E-state index >= 15 is 0 Å². The quantitative estimate of drug-likeness (QED) is 0.231. The van der Waals surface area contributed by atoms with Crippen LogP contribution in [0.1, 0.15) is 15.9 Å². The lowest BCUT2D eigenvalue weighted by molar-refractivity contribution is -0.123. The monoisotopic (exact) mass is 452 g/mol. The molecule has 0 bridgehead atoms. The van der Waals surface area contributed by atoms with E-state index in [4.69, 9.17) is 18.9 Å². The molecule has 1 N–H and O–H groups in total. The first-order valence-corrected chi connectivity index (χ1v) is 9.73. The highest BCUT2D eigenvalue weighted by molar-refractivity contribution is 5.91. The summed E-state index contributed by atoms with van der Waals surface area (Å²) in [5.41, 5.74) is 3.14. The third-order valence-corrected chi connectivity index (χ3v) is 4.30. The number of nitrogens with one attached hydrogen (secondary N) is 1. The highest BCUT2D eigenvalue weighted by atomic mass is 19.1. The molecular formula is C24H21FN2O6. The van der Waals surface area contributed by atoms with E-state index in [2.05, 4.69) is 10.5 Å². The number of hydrazone groups is 1. The van der Waals surface area contributed by atoms with Crippen molar-refractivity contribution >= 4 is 18.1 Å². The third kappa shape index (κ3) is 6.79. The topological polar surface area (TPSA) is 95.5 Å². The zero-order valence-corrected chi connectivity index (χ0v) is 17.9. The molecule has 0 spiro atoms. The minimum atomic E-state index is -0.654. The van der Waals surface area contributed by atoms with Crippen molar-refractivity contribution in [1.29, 1.82) is 0 Å². The Morgan fingerprint density at radius 2 is 1.61 bits per heavy atom. The number of halogens is 1. The van der Waals surface area contributed by atoms with Crippen molar-refractivity contribution < 1.29 is 32.9 Å². The van der Waals surface area contributed by atoms with Crippen LogP contribution in [0.4, 0.5) is 4.39 Å². The molecule has 9 heteroatoms. The molecule has 170 valence electrons. The Morgan fingerprint density at radius 1 is 0.909 bits per heavy atom. The van der Waals surface area contributed by atoms with E-state index in [-0.39, 0.29) is 23.7 Å². The van der Waals surface area contributed by atoms with Gasteiger partial charge in [0.15, 0.2) is 18.1 Å². The Labute approximate surface area is 189 Å². The molecule has 33 heavy (non-hydrogen) atoms. The van der Waals surface area contributed by atoms with Gasteiger partial charge in [0.05, 0.1) is 26.0 Å². The predicted molar refractivity (Wildman–Crippen MR) is 119 cm³/mol. The van der Waals surface area contributed by atoms with Gasteiger partial charge in [0.2, 0.25) is 0 Å². The summed E-state index contributed by atoms with van der Waals surface area (Å²) in [5.74, 6) is 0.114. The van der Waals surface area contributed by atoms with E-state index in [1.54, 1.807) is 43.5 Å². The van der Waals surface area contributed by atoms with Crippen LogP contribution in [0.5, 0.6) is 23.0 Å². The Balaban J connectivity index is 1.54. The summed E-state index contributed by atoms with van der Waals surface area (Å²) >= 11 is 0. The minimum absolute atomic E-state index is 0.181. The lowest BCUT2D eigenvalue weighted by Crippen LogP contribution is -2.24. The molecule has 0 atom stereocenters. The summed E-state index contributed by atoms with van der Waals surface area (Å²) in [6, 6.07) is 16.5. The molecule has 3 aromatic carbocycles. The summed E-state index contributed by atoms with van der Waals surface area (Å²) < 4.78 is 34.0. The van der Waals surface area contributed by atoms with E-state index in [1.807, 2.05) is 0 Å². The lowest BCUT2D eigenvalue weighted by Gasteiger charge is -2.10. The van der Waals surface area contributed by atoms with Crippen LogP contribution in [-0.2, 0) is 4.79 Å². The number of esters is 1. The SMILES string of the molecule is COc1ccc(OCC(=O)N/N=C/c2ccc(OC(=O)c3ccc(F)cc3)c(OC)c2)cc1. The van der Waals surface area contributed by atoms with E-state index in [9.17, 15) is 14.0 Å². The Morgan fingerprint density at radius 3 is 2.27 bits per heavy atom. The average molecular weight is 452 g/mol. The molecule has 0 aliphatic carbocycles. The van der Waals surface area contributed by atoms with E-state index in [0.29, 0.717) is 17.1 Å². The van der Waals surface area contributed by atoms with Crippen LogP contribution in [0.3, 0.4) is 0 Å². The Bertz CT molecular complexity index is 1130.